The summed E-state index contributed by atoms with van der Waals surface area (Å²) in [6, 6.07) is 25.2. The number of nitrogens with one attached hydrogen (secondary N) is 3. The van der Waals surface area contributed by atoms with Crippen LogP contribution >= 0.6 is 39.0 Å². The van der Waals surface area contributed by atoms with Crippen LogP contribution < -0.4 is 16.0 Å². The quantitative estimate of drug-likeness (QED) is 0.135. The van der Waals surface area contributed by atoms with Crippen LogP contribution in [-0.2, 0) is 27.3 Å². The van der Waals surface area contributed by atoms with E-state index in [9.17, 15) is 24.4 Å². The van der Waals surface area contributed by atoms with Gasteiger partial charge < -0.3 is 20.9 Å². The van der Waals surface area contributed by atoms with Crippen molar-refractivity contribution < 1.29 is 19.2 Å². The summed E-state index contributed by atoms with van der Waals surface area (Å²) in [4.78, 5) is 54.4. The molecule has 12 heteroatoms. The molecule has 4 aromatic rings. The van der Waals surface area contributed by atoms with Gasteiger partial charge in [-0.25, -0.2) is 0 Å². The van der Waals surface area contributed by atoms with E-state index in [1.165, 1.54) is 30.0 Å². The van der Waals surface area contributed by atoms with Crippen molar-refractivity contribution in [2.45, 2.75) is 24.8 Å². The van der Waals surface area contributed by atoms with E-state index in [0.29, 0.717) is 46.9 Å². The van der Waals surface area contributed by atoms with Crippen molar-refractivity contribution in [1.29, 1.82) is 5.26 Å². The number of thiophene rings is 1. The number of thioether (sulfide) groups is 1. The van der Waals surface area contributed by atoms with Gasteiger partial charge in [-0.1, -0.05) is 52.3 Å². The summed E-state index contributed by atoms with van der Waals surface area (Å²) in [5, 5.41) is 18.7. The van der Waals surface area contributed by atoms with Gasteiger partial charge in [-0.3, -0.25) is 19.2 Å². The normalized spacial score (nSPS) is 12.5. The third kappa shape index (κ3) is 8.31. The van der Waals surface area contributed by atoms with E-state index in [1.807, 2.05) is 30.3 Å². The number of amides is 4. The number of fused-ring (bicyclic) bond motifs is 1. The minimum absolute atomic E-state index is 0.0217. The van der Waals surface area contributed by atoms with Gasteiger partial charge in [0, 0.05) is 39.0 Å². The fraction of sp³-hybridized carbons (Fsp3) is 0.147. The van der Waals surface area contributed by atoms with Crippen molar-refractivity contribution in [3.8, 4) is 6.07 Å². The van der Waals surface area contributed by atoms with Gasteiger partial charge in [-0.05, 0) is 66.1 Å². The van der Waals surface area contributed by atoms with E-state index in [4.69, 9.17) is 0 Å². The van der Waals surface area contributed by atoms with Gasteiger partial charge in [0.1, 0.15) is 16.8 Å². The average Bonchev–Trinajstić information content (AvgIpc) is 3.40. The van der Waals surface area contributed by atoms with Crippen LogP contribution in [0.4, 0.5) is 10.7 Å². The summed E-state index contributed by atoms with van der Waals surface area (Å²) >= 11 is 6.04. The fourth-order valence-corrected chi connectivity index (χ4v) is 7.16. The van der Waals surface area contributed by atoms with Crippen LogP contribution in [0.5, 0.6) is 0 Å². The molecule has 5 rings (SSSR count). The predicted octanol–water partition coefficient (Wildman–Crippen LogP) is 6.43. The van der Waals surface area contributed by atoms with Crippen LogP contribution in [0.1, 0.15) is 38.8 Å². The molecule has 0 bridgehead atoms. The number of carbonyl (C=O) groups is 4. The van der Waals surface area contributed by atoms with Gasteiger partial charge in [0.05, 0.1) is 17.9 Å². The number of nitriles is 1. The molecule has 0 saturated carbocycles. The number of halogens is 1. The second kappa shape index (κ2) is 15.1. The van der Waals surface area contributed by atoms with Crippen LogP contribution in [0, 0.1) is 11.3 Å². The zero-order valence-corrected chi connectivity index (χ0v) is 27.9. The number of hydrogen-bond acceptors (Lipinski definition) is 7. The molecule has 0 aliphatic carbocycles. The van der Waals surface area contributed by atoms with Crippen LogP contribution in [0.3, 0.4) is 0 Å². The Balaban J connectivity index is 1.25. The number of nitrogens with zero attached hydrogens (tertiary/aromatic N) is 2. The van der Waals surface area contributed by atoms with E-state index in [2.05, 4.69) is 37.9 Å². The highest BCUT2D eigenvalue weighted by Crippen LogP contribution is 2.37. The highest BCUT2D eigenvalue weighted by molar-refractivity contribution is 9.10. The van der Waals surface area contributed by atoms with E-state index < -0.39 is 11.8 Å². The second-order valence-corrected chi connectivity index (χ2v) is 13.3. The van der Waals surface area contributed by atoms with Gasteiger partial charge in [-0.15, -0.1) is 23.1 Å². The summed E-state index contributed by atoms with van der Waals surface area (Å²) in [6.45, 7) is 2.50. The predicted molar refractivity (Wildman–Crippen MR) is 184 cm³/mol. The monoisotopic (exact) mass is 713 g/mol. The molecule has 0 unspecified atom stereocenters. The summed E-state index contributed by atoms with van der Waals surface area (Å²) in [6.07, 6.45) is 2.17. The lowest BCUT2D eigenvalue weighted by molar-refractivity contribution is -0.129. The van der Waals surface area contributed by atoms with Crippen molar-refractivity contribution in [2.24, 2.45) is 0 Å². The molecule has 9 nitrogen and oxygen atoms in total. The first-order chi connectivity index (χ1) is 22.2. The number of rotatable bonds is 9. The summed E-state index contributed by atoms with van der Waals surface area (Å²) in [5.74, 6) is -1.16. The Hall–Kier alpha value is -4.70. The molecule has 0 atom stereocenters. The molecule has 0 saturated heterocycles. The molecular weight excluding hydrogens is 686 g/mol. The third-order valence-corrected chi connectivity index (χ3v) is 9.64. The second-order valence-electron chi connectivity index (χ2n) is 10.3. The Morgan fingerprint density at radius 3 is 2.54 bits per heavy atom. The van der Waals surface area contributed by atoms with Crippen molar-refractivity contribution in [3.63, 3.8) is 0 Å². The standard InChI is InChI=1S/C34H28BrN5O4S2/c1-21(41)40-14-13-27-28(18-36)34(46-30(27)19-40)39-31(42)20-45-26-12-6-11-25(17-26)37-33(44)29(16-22-7-5-10-24(35)15-22)38-32(43)23-8-3-2-4-9-23/h2-12,15-17H,13-14,19-20H2,1H3,(H,37,44)(H,38,43)(H,39,42)/b29-16+. The smallest absolute Gasteiger partial charge is 0.272 e. The molecule has 0 spiro atoms. The van der Waals surface area contributed by atoms with Crippen molar-refractivity contribution in [3.05, 3.63) is 116 Å². The van der Waals surface area contributed by atoms with Crippen LogP contribution in [0.2, 0.25) is 0 Å². The average molecular weight is 715 g/mol. The topological polar surface area (TPSA) is 131 Å². The molecule has 46 heavy (non-hydrogen) atoms. The fourth-order valence-electron chi connectivity index (χ4n) is 4.76. The zero-order valence-electron chi connectivity index (χ0n) is 24.6. The first-order valence-electron chi connectivity index (χ1n) is 14.2. The molecule has 1 aliphatic rings. The van der Waals surface area contributed by atoms with E-state index in [-0.39, 0.29) is 23.3 Å². The molecule has 1 aliphatic heterocycles. The van der Waals surface area contributed by atoms with Crippen LogP contribution in [0.25, 0.3) is 6.08 Å². The Kier molecular flexibility index (Phi) is 10.7. The number of anilines is 2. The van der Waals surface area contributed by atoms with E-state index in [0.717, 1.165) is 19.8 Å². The number of benzene rings is 3. The molecular formula is C34H28BrN5O4S2. The Morgan fingerprint density at radius 2 is 1.80 bits per heavy atom. The van der Waals surface area contributed by atoms with Gasteiger partial charge >= 0.3 is 0 Å². The van der Waals surface area contributed by atoms with Gasteiger partial charge in [0.15, 0.2) is 0 Å². The molecule has 4 amide bonds. The van der Waals surface area contributed by atoms with Crippen molar-refractivity contribution in [2.75, 3.05) is 22.9 Å². The molecule has 232 valence electrons. The number of carbonyl (C=O) groups excluding carboxylic acids is 4. The Morgan fingerprint density at radius 1 is 1.02 bits per heavy atom. The molecule has 3 N–H and O–H groups in total. The van der Waals surface area contributed by atoms with E-state index >= 15 is 0 Å². The highest BCUT2D eigenvalue weighted by Gasteiger charge is 2.26. The molecule has 2 heterocycles. The Labute approximate surface area is 282 Å². The number of hydrogen-bond donors (Lipinski definition) is 3. The van der Waals surface area contributed by atoms with Gasteiger partial charge in [0.25, 0.3) is 11.8 Å². The first kappa shape index (κ1) is 32.7. The molecule has 0 fully saturated rings. The molecule has 0 radical (unpaired) electrons. The van der Waals surface area contributed by atoms with Crippen LogP contribution in [-0.4, -0.2) is 40.8 Å². The first-order valence-corrected chi connectivity index (χ1v) is 16.8. The largest absolute Gasteiger partial charge is 0.337 e. The summed E-state index contributed by atoms with van der Waals surface area (Å²) < 4.78 is 0.825. The van der Waals surface area contributed by atoms with Crippen molar-refractivity contribution >= 4 is 79.4 Å². The van der Waals surface area contributed by atoms with Crippen LogP contribution in [0.15, 0.2) is 93.9 Å². The van der Waals surface area contributed by atoms with E-state index in [1.54, 1.807) is 59.5 Å². The SMILES string of the molecule is CC(=O)N1CCc2c(sc(NC(=O)CSc3cccc(NC(=O)/C(=C\c4cccc(Br)c4)NC(=O)c4ccccc4)c3)c2C#N)C1. The lowest BCUT2D eigenvalue weighted by Crippen LogP contribution is -2.33. The third-order valence-electron chi connectivity index (χ3n) is 7.02. The summed E-state index contributed by atoms with van der Waals surface area (Å²) in [7, 11) is 0. The van der Waals surface area contributed by atoms with Gasteiger partial charge in [0.2, 0.25) is 11.8 Å². The molecule has 3 aromatic carbocycles. The maximum absolute atomic E-state index is 13.4. The Bertz CT molecular complexity index is 1880. The van der Waals surface area contributed by atoms with Crippen molar-refractivity contribution in [1.82, 2.24) is 10.2 Å². The highest BCUT2D eigenvalue weighted by atomic mass is 79.9. The zero-order chi connectivity index (χ0) is 32.6. The minimum Gasteiger partial charge on any atom is -0.337 e. The summed E-state index contributed by atoms with van der Waals surface area (Å²) in [5.41, 5.74) is 3.02. The maximum atomic E-state index is 13.4. The molecule has 1 aromatic heterocycles. The lowest BCUT2D eigenvalue weighted by atomic mass is 10.0. The van der Waals surface area contributed by atoms with Gasteiger partial charge in [-0.2, -0.15) is 5.26 Å². The lowest BCUT2D eigenvalue weighted by Gasteiger charge is -2.25. The minimum atomic E-state index is -0.516. The maximum Gasteiger partial charge on any atom is 0.272 e.